The lowest BCUT2D eigenvalue weighted by molar-refractivity contribution is -0.385. The molecule has 1 heterocycles. The maximum Gasteiger partial charge on any atom is 0.314 e. The molecule has 6 nitrogen and oxygen atoms in total. The van der Waals surface area contributed by atoms with Crippen LogP contribution in [0.1, 0.15) is 5.76 Å². The van der Waals surface area contributed by atoms with E-state index in [-0.39, 0.29) is 11.3 Å². The summed E-state index contributed by atoms with van der Waals surface area (Å²) < 4.78 is 4.92. The minimum absolute atomic E-state index is 0.000739. The van der Waals surface area contributed by atoms with E-state index in [2.05, 4.69) is 0 Å². The molecule has 0 saturated carbocycles. The molecular weight excluding hydrogens is 200 g/mol. The van der Waals surface area contributed by atoms with Crippen LogP contribution in [-0.4, -0.2) is 10.0 Å². The standard InChI is InChI=1S/C9H4N2O4/c10-4-6-3-5-1-2-7(11(13)14)8(12)9(5)15-6/h1-3,12H. The molecule has 1 aromatic heterocycles. The topological polar surface area (TPSA) is 100 Å². The molecule has 0 unspecified atom stereocenters. The SMILES string of the molecule is N#Cc1cc2ccc([N+](=O)[O-])c(O)c2o1. The van der Waals surface area contributed by atoms with Crippen molar-refractivity contribution in [2.24, 2.45) is 0 Å². The van der Waals surface area contributed by atoms with Gasteiger partial charge < -0.3 is 9.52 Å². The number of nitro benzene ring substituents is 1. The lowest BCUT2D eigenvalue weighted by Gasteiger charge is -1.95. The molecule has 2 rings (SSSR count). The van der Waals surface area contributed by atoms with Crippen LogP contribution in [0.4, 0.5) is 5.69 Å². The summed E-state index contributed by atoms with van der Waals surface area (Å²) in [4.78, 5) is 9.76. The van der Waals surface area contributed by atoms with Gasteiger partial charge in [-0.15, -0.1) is 0 Å². The summed E-state index contributed by atoms with van der Waals surface area (Å²) in [5, 5.41) is 29.0. The minimum atomic E-state index is -0.719. The van der Waals surface area contributed by atoms with Crippen LogP contribution < -0.4 is 0 Å². The number of aromatic hydroxyl groups is 1. The quantitative estimate of drug-likeness (QED) is 0.564. The third kappa shape index (κ3) is 1.26. The van der Waals surface area contributed by atoms with Crippen molar-refractivity contribution in [2.75, 3.05) is 0 Å². The number of nitriles is 1. The zero-order valence-electron chi connectivity index (χ0n) is 7.30. The number of rotatable bonds is 1. The first-order valence-electron chi connectivity index (χ1n) is 3.93. The van der Waals surface area contributed by atoms with Gasteiger partial charge in [-0.1, -0.05) is 0 Å². The maximum absolute atomic E-state index is 10.5. The summed E-state index contributed by atoms with van der Waals surface area (Å²) >= 11 is 0. The number of phenolic OH excluding ortho intramolecular Hbond substituents is 1. The fraction of sp³-hybridized carbons (Fsp3) is 0. The molecule has 15 heavy (non-hydrogen) atoms. The third-order valence-corrected chi connectivity index (χ3v) is 1.95. The van der Waals surface area contributed by atoms with Gasteiger partial charge in [-0.2, -0.15) is 5.26 Å². The Hall–Kier alpha value is -2.55. The summed E-state index contributed by atoms with van der Waals surface area (Å²) in [5.74, 6) is -0.556. The number of benzene rings is 1. The van der Waals surface area contributed by atoms with Crippen LogP contribution in [0.3, 0.4) is 0 Å². The number of furan rings is 1. The Kier molecular flexibility index (Phi) is 1.80. The molecule has 0 aliphatic heterocycles. The van der Waals surface area contributed by atoms with E-state index in [0.29, 0.717) is 5.39 Å². The number of phenols is 1. The summed E-state index contributed by atoms with van der Waals surface area (Å²) in [5.41, 5.74) is -0.484. The normalized spacial score (nSPS) is 10.1. The second-order valence-corrected chi connectivity index (χ2v) is 2.83. The number of hydrogen-bond acceptors (Lipinski definition) is 5. The molecule has 0 radical (unpaired) electrons. The first-order valence-corrected chi connectivity index (χ1v) is 3.93. The van der Waals surface area contributed by atoms with Gasteiger partial charge in [0.1, 0.15) is 6.07 Å². The van der Waals surface area contributed by atoms with E-state index < -0.39 is 16.4 Å². The molecule has 2 aromatic rings. The van der Waals surface area contributed by atoms with Crippen molar-refractivity contribution in [2.45, 2.75) is 0 Å². The molecule has 0 spiro atoms. The molecule has 1 aromatic carbocycles. The Bertz CT molecular complexity index is 594. The highest BCUT2D eigenvalue weighted by atomic mass is 16.6. The van der Waals surface area contributed by atoms with E-state index in [1.807, 2.05) is 0 Å². The van der Waals surface area contributed by atoms with Crippen molar-refractivity contribution in [3.8, 4) is 11.8 Å². The summed E-state index contributed by atoms with van der Waals surface area (Å²) in [6.07, 6.45) is 0. The second-order valence-electron chi connectivity index (χ2n) is 2.83. The van der Waals surface area contributed by atoms with Crippen molar-refractivity contribution in [1.29, 1.82) is 5.26 Å². The Morgan fingerprint density at radius 3 is 2.87 bits per heavy atom. The fourth-order valence-corrected chi connectivity index (χ4v) is 1.28. The zero-order valence-corrected chi connectivity index (χ0v) is 7.30. The molecule has 0 amide bonds. The van der Waals surface area contributed by atoms with Gasteiger partial charge in [0.25, 0.3) is 0 Å². The van der Waals surface area contributed by atoms with Gasteiger partial charge in [0.15, 0.2) is 5.58 Å². The van der Waals surface area contributed by atoms with Gasteiger partial charge in [-0.3, -0.25) is 10.1 Å². The monoisotopic (exact) mass is 204 g/mol. The second kappa shape index (κ2) is 2.99. The van der Waals surface area contributed by atoms with E-state index in [0.717, 1.165) is 6.07 Å². The highest BCUT2D eigenvalue weighted by Crippen LogP contribution is 2.35. The van der Waals surface area contributed by atoms with E-state index in [9.17, 15) is 15.2 Å². The van der Waals surface area contributed by atoms with Crippen LogP contribution >= 0.6 is 0 Å². The van der Waals surface area contributed by atoms with Crippen LogP contribution in [0.2, 0.25) is 0 Å². The van der Waals surface area contributed by atoms with Gasteiger partial charge in [0, 0.05) is 17.5 Å². The van der Waals surface area contributed by atoms with Gasteiger partial charge in [-0.25, -0.2) is 0 Å². The first-order chi connectivity index (χ1) is 7.13. The smallest absolute Gasteiger partial charge is 0.314 e. The third-order valence-electron chi connectivity index (χ3n) is 1.95. The molecule has 0 aliphatic carbocycles. The van der Waals surface area contributed by atoms with Crippen molar-refractivity contribution in [3.05, 3.63) is 34.1 Å². The van der Waals surface area contributed by atoms with Gasteiger partial charge in [0.05, 0.1) is 4.92 Å². The first kappa shape index (κ1) is 9.02. The number of hydrogen-bond donors (Lipinski definition) is 1. The van der Waals surface area contributed by atoms with E-state index in [1.165, 1.54) is 12.1 Å². The Labute approximate surface area is 83.1 Å². The van der Waals surface area contributed by atoms with Crippen LogP contribution in [0.25, 0.3) is 11.0 Å². The highest BCUT2D eigenvalue weighted by Gasteiger charge is 2.19. The van der Waals surface area contributed by atoms with Gasteiger partial charge in [0.2, 0.25) is 11.5 Å². The molecule has 0 atom stereocenters. The van der Waals surface area contributed by atoms with Crippen LogP contribution in [0.5, 0.6) is 5.75 Å². The lowest BCUT2D eigenvalue weighted by Crippen LogP contribution is -1.87. The van der Waals surface area contributed by atoms with Crippen molar-refractivity contribution in [1.82, 2.24) is 0 Å². The summed E-state index contributed by atoms with van der Waals surface area (Å²) in [7, 11) is 0. The van der Waals surface area contributed by atoms with Crippen LogP contribution in [0, 0.1) is 21.4 Å². The lowest BCUT2D eigenvalue weighted by atomic mass is 10.2. The maximum atomic E-state index is 10.5. The fourth-order valence-electron chi connectivity index (χ4n) is 1.28. The van der Waals surface area contributed by atoms with Crippen molar-refractivity contribution >= 4 is 16.7 Å². The summed E-state index contributed by atoms with van der Waals surface area (Å²) in [6.45, 7) is 0. The summed E-state index contributed by atoms with van der Waals surface area (Å²) in [6, 6.07) is 5.72. The van der Waals surface area contributed by atoms with Gasteiger partial charge >= 0.3 is 5.69 Å². The number of nitro groups is 1. The molecule has 0 saturated heterocycles. The Morgan fingerprint density at radius 2 is 2.27 bits per heavy atom. The van der Waals surface area contributed by atoms with E-state index >= 15 is 0 Å². The van der Waals surface area contributed by atoms with Crippen LogP contribution in [0.15, 0.2) is 22.6 Å². The van der Waals surface area contributed by atoms with E-state index in [4.69, 9.17) is 9.68 Å². The average Bonchev–Trinajstić information content (AvgIpc) is 2.61. The molecule has 1 N–H and O–H groups in total. The minimum Gasteiger partial charge on any atom is -0.499 e. The van der Waals surface area contributed by atoms with E-state index in [1.54, 1.807) is 6.07 Å². The zero-order chi connectivity index (χ0) is 11.0. The molecule has 6 heteroatoms. The number of nitrogens with zero attached hydrogens (tertiary/aromatic N) is 2. The highest BCUT2D eigenvalue weighted by molar-refractivity contribution is 5.87. The molecule has 0 fully saturated rings. The molecule has 0 aliphatic rings. The van der Waals surface area contributed by atoms with Crippen molar-refractivity contribution < 1.29 is 14.4 Å². The van der Waals surface area contributed by atoms with Gasteiger partial charge in [-0.05, 0) is 6.07 Å². The largest absolute Gasteiger partial charge is 0.499 e. The average molecular weight is 204 g/mol. The predicted molar refractivity (Wildman–Crippen MR) is 49.2 cm³/mol. The number of fused-ring (bicyclic) bond motifs is 1. The molecule has 0 bridgehead atoms. The Morgan fingerprint density at radius 1 is 1.53 bits per heavy atom. The Balaban J connectivity index is 2.79. The van der Waals surface area contributed by atoms with Crippen LogP contribution in [-0.2, 0) is 0 Å². The molecular formula is C9H4N2O4. The van der Waals surface area contributed by atoms with Crippen molar-refractivity contribution in [3.63, 3.8) is 0 Å². The molecule has 74 valence electrons. The predicted octanol–water partition coefficient (Wildman–Crippen LogP) is 1.92.